The molecule has 6 bridgehead atoms. The highest BCUT2D eigenvalue weighted by Crippen LogP contribution is 2.86. The van der Waals surface area contributed by atoms with Crippen LogP contribution in [0.2, 0.25) is 0 Å². The lowest BCUT2D eigenvalue weighted by Gasteiger charge is -2.38. The second-order valence-electron chi connectivity index (χ2n) is 6.42. The molecule has 6 saturated carbocycles. The van der Waals surface area contributed by atoms with E-state index in [1.165, 1.54) is 6.42 Å². The maximum Gasteiger partial charge on any atom is 0.140 e. The SMILES string of the molecule is C[C@@]12[C@H]3[C@@H]4C[C@@H]5[C@@H]3C(=O)[C@@H]1[C@@H]5[C@@H]4[C@@H]2Br. The second kappa shape index (κ2) is 1.66. The number of ketones is 1. The molecule has 14 heavy (non-hydrogen) atoms. The van der Waals surface area contributed by atoms with Gasteiger partial charge >= 0.3 is 0 Å². The van der Waals surface area contributed by atoms with Gasteiger partial charge in [0.25, 0.3) is 0 Å². The van der Waals surface area contributed by atoms with Crippen molar-refractivity contribution in [2.24, 2.45) is 46.8 Å². The third-order valence-electron chi connectivity index (χ3n) is 6.63. The Hall–Kier alpha value is 0.150. The number of Topliss-reactive ketones (excluding diaryl/α,β-unsaturated/α-hetero) is 1. The lowest BCUT2D eigenvalue weighted by Crippen LogP contribution is -2.37. The Labute approximate surface area is 91.8 Å². The van der Waals surface area contributed by atoms with E-state index in [2.05, 4.69) is 22.9 Å². The summed E-state index contributed by atoms with van der Waals surface area (Å²) >= 11 is 3.92. The first-order chi connectivity index (χ1) is 6.67. The molecule has 1 nitrogen and oxygen atoms in total. The average molecular weight is 253 g/mol. The number of carbonyl (C=O) groups is 1. The first kappa shape index (κ1) is 7.43. The summed E-state index contributed by atoms with van der Waals surface area (Å²) in [6.07, 6.45) is 1.39. The van der Waals surface area contributed by atoms with Crippen LogP contribution in [0.15, 0.2) is 0 Å². The fourth-order valence-electron chi connectivity index (χ4n) is 6.72. The molecule has 2 heteroatoms. The van der Waals surface area contributed by atoms with Gasteiger partial charge in [-0.05, 0) is 41.4 Å². The predicted octanol–water partition coefficient (Wildman–Crippen LogP) is 2.10. The molecule has 0 heterocycles. The summed E-state index contributed by atoms with van der Waals surface area (Å²) in [4.78, 5) is 12.9. The zero-order valence-corrected chi connectivity index (χ0v) is 9.70. The van der Waals surface area contributed by atoms with E-state index in [1.807, 2.05) is 0 Å². The van der Waals surface area contributed by atoms with Gasteiger partial charge < -0.3 is 0 Å². The molecule has 74 valence electrons. The minimum absolute atomic E-state index is 0.370. The van der Waals surface area contributed by atoms with Crippen molar-refractivity contribution in [1.82, 2.24) is 0 Å². The lowest BCUT2D eigenvalue weighted by atomic mass is 9.64. The van der Waals surface area contributed by atoms with Gasteiger partial charge in [-0.25, -0.2) is 0 Å². The summed E-state index contributed by atoms with van der Waals surface area (Å²) in [6.45, 7) is 2.40. The van der Waals surface area contributed by atoms with E-state index >= 15 is 0 Å². The molecule has 6 rings (SSSR count). The molecule has 0 aromatic rings. The van der Waals surface area contributed by atoms with Gasteiger partial charge in [0.15, 0.2) is 0 Å². The van der Waals surface area contributed by atoms with Gasteiger partial charge in [-0.3, -0.25) is 4.79 Å². The molecular formula is C12H13BrO. The van der Waals surface area contributed by atoms with Crippen molar-refractivity contribution in [3.05, 3.63) is 0 Å². The van der Waals surface area contributed by atoms with Crippen LogP contribution < -0.4 is 0 Å². The van der Waals surface area contributed by atoms with Crippen LogP contribution in [0.25, 0.3) is 0 Å². The maximum atomic E-state index is 12.2. The summed E-state index contributed by atoms with van der Waals surface area (Å²) < 4.78 is 0. The highest BCUT2D eigenvalue weighted by molar-refractivity contribution is 9.09. The monoisotopic (exact) mass is 252 g/mol. The van der Waals surface area contributed by atoms with Crippen LogP contribution in [-0.2, 0) is 4.79 Å². The van der Waals surface area contributed by atoms with Crippen molar-refractivity contribution in [2.45, 2.75) is 18.2 Å². The molecule has 0 unspecified atom stereocenters. The molecule has 0 aliphatic heterocycles. The minimum atomic E-state index is 0.370. The number of hydrogen-bond acceptors (Lipinski definition) is 1. The van der Waals surface area contributed by atoms with E-state index in [4.69, 9.17) is 0 Å². The van der Waals surface area contributed by atoms with Crippen LogP contribution in [0.5, 0.6) is 0 Å². The quantitative estimate of drug-likeness (QED) is 0.604. The summed E-state index contributed by atoms with van der Waals surface area (Å²) in [7, 11) is 0. The Morgan fingerprint density at radius 3 is 2.86 bits per heavy atom. The van der Waals surface area contributed by atoms with E-state index in [0.29, 0.717) is 27.9 Å². The van der Waals surface area contributed by atoms with E-state index in [-0.39, 0.29) is 0 Å². The normalized spacial score (nSPS) is 80.3. The van der Waals surface area contributed by atoms with Crippen molar-refractivity contribution in [2.75, 3.05) is 0 Å². The minimum Gasteiger partial charge on any atom is -0.299 e. The van der Waals surface area contributed by atoms with E-state index in [9.17, 15) is 4.79 Å². The lowest BCUT2D eigenvalue weighted by molar-refractivity contribution is -0.122. The van der Waals surface area contributed by atoms with Crippen LogP contribution >= 0.6 is 15.9 Å². The van der Waals surface area contributed by atoms with Crippen LogP contribution in [0.1, 0.15) is 13.3 Å². The number of rotatable bonds is 0. The van der Waals surface area contributed by atoms with Crippen molar-refractivity contribution in [1.29, 1.82) is 0 Å². The van der Waals surface area contributed by atoms with Gasteiger partial charge in [-0.15, -0.1) is 0 Å². The van der Waals surface area contributed by atoms with Gasteiger partial charge in [0.1, 0.15) is 5.78 Å². The Balaban J connectivity index is 1.92. The number of carbonyl (C=O) groups excluding carboxylic acids is 1. The van der Waals surface area contributed by atoms with Crippen molar-refractivity contribution < 1.29 is 4.79 Å². The summed E-state index contributed by atoms with van der Waals surface area (Å²) in [5.41, 5.74) is 0.370. The third-order valence-corrected chi connectivity index (χ3v) is 8.22. The molecule has 0 radical (unpaired) electrons. The van der Waals surface area contributed by atoms with Crippen molar-refractivity contribution in [3.8, 4) is 0 Å². The summed E-state index contributed by atoms with van der Waals surface area (Å²) in [5.74, 6) is 5.85. The summed E-state index contributed by atoms with van der Waals surface area (Å²) in [5, 5.41) is 0. The van der Waals surface area contributed by atoms with Gasteiger partial charge in [0, 0.05) is 16.7 Å². The molecule has 0 aromatic carbocycles. The Morgan fingerprint density at radius 1 is 1.36 bits per heavy atom. The molecular weight excluding hydrogens is 240 g/mol. The predicted molar refractivity (Wildman–Crippen MR) is 54.9 cm³/mol. The fourth-order valence-corrected chi connectivity index (χ4v) is 8.05. The Bertz CT molecular complexity index is 390. The first-order valence-electron chi connectivity index (χ1n) is 5.85. The topological polar surface area (TPSA) is 17.1 Å². The highest BCUT2D eigenvalue weighted by atomic mass is 79.9. The van der Waals surface area contributed by atoms with E-state index < -0.39 is 0 Å². The molecule has 0 aromatic heterocycles. The third kappa shape index (κ3) is 0.391. The Kier molecular flexibility index (Phi) is 0.883. The second-order valence-corrected chi connectivity index (χ2v) is 7.40. The largest absolute Gasteiger partial charge is 0.299 e. The van der Waals surface area contributed by atoms with Crippen LogP contribution in [0.3, 0.4) is 0 Å². The van der Waals surface area contributed by atoms with E-state index in [0.717, 1.165) is 29.6 Å². The zero-order chi connectivity index (χ0) is 9.40. The standard InChI is InChI=1S/C12H13BrO/c1-12-8-4-2-3-5(6(4)11(12)13)9(12)10(14)7(3)8/h3-9,11H,2H2,1H3/t3-,4+,5-,6+,7-,8-,9-,11-,12+/m0/s1. The molecule has 0 amide bonds. The van der Waals surface area contributed by atoms with Gasteiger partial charge in [-0.1, -0.05) is 22.9 Å². The van der Waals surface area contributed by atoms with Crippen LogP contribution in [-0.4, -0.2) is 10.6 Å². The number of alkyl halides is 1. The summed E-state index contributed by atoms with van der Waals surface area (Å²) in [6, 6.07) is 0. The molecule has 0 saturated heterocycles. The zero-order valence-electron chi connectivity index (χ0n) is 8.11. The number of hydrogen-bond donors (Lipinski definition) is 0. The van der Waals surface area contributed by atoms with Gasteiger partial charge in [0.2, 0.25) is 0 Å². The van der Waals surface area contributed by atoms with Crippen molar-refractivity contribution >= 4 is 21.7 Å². The fraction of sp³-hybridized carbons (Fsp3) is 0.917. The highest BCUT2D eigenvalue weighted by Gasteiger charge is 2.87. The van der Waals surface area contributed by atoms with Gasteiger partial charge in [0.05, 0.1) is 0 Å². The van der Waals surface area contributed by atoms with Gasteiger partial charge in [-0.2, -0.15) is 0 Å². The molecule has 6 fully saturated rings. The van der Waals surface area contributed by atoms with Crippen LogP contribution in [0, 0.1) is 46.8 Å². The molecule has 0 spiro atoms. The molecule has 6 aliphatic rings. The van der Waals surface area contributed by atoms with Crippen LogP contribution in [0.4, 0.5) is 0 Å². The molecule has 6 aliphatic carbocycles. The number of halogens is 1. The Morgan fingerprint density at radius 2 is 2.14 bits per heavy atom. The average Bonchev–Trinajstić information content (AvgIpc) is 2.81. The molecule has 0 N–H and O–H groups in total. The smallest absolute Gasteiger partial charge is 0.140 e. The molecule has 9 atom stereocenters. The van der Waals surface area contributed by atoms with E-state index in [1.54, 1.807) is 0 Å². The maximum absolute atomic E-state index is 12.2. The van der Waals surface area contributed by atoms with Crippen molar-refractivity contribution in [3.63, 3.8) is 0 Å². The first-order valence-corrected chi connectivity index (χ1v) is 6.76.